The summed E-state index contributed by atoms with van der Waals surface area (Å²) in [6.45, 7) is 7.70. The van der Waals surface area contributed by atoms with E-state index >= 15 is 0 Å². The molecule has 1 rings (SSSR count). The molecular formula is C16H22N2O2. The molecule has 2 atom stereocenters. The number of carboxylic acid groups (broad SMARTS) is 1. The van der Waals surface area contributed by atoms with Crippen LogP contribution in [0.1, 0.15) is 45.6 Å². The van der Waals surface area contributed by atoms with E-state index in [1.54, 1.807) is 0 Å². The molecule has 0 radical (unpaired) electrons. The van der Waals surface area contributed by atoms with E-state index in [9.17, 15) is 4.79 Å². The number of carbonyl (C=O) groups is 1. The Morgan fingerprint density at radius 3 is 2.30 bits per heavy atom. The highest BCUT2D eigenvalue weighted by atomic mass is 16.4. The van der Waals surface area contributed by atoms with Crippen LogP contribution in [0, 0.1) is 5.92 Å². The first kappa shape index (κ1) is 16.1. The van der Waals surface area contributed by atoms with E-state index in [2.05, 4.69) is 43.1 Å². The van der Waals surface area contributed by atoms with Crippen LogP contribution in [0.25, 0.3) is 0 Å². The van der Waals surface area contributed by atoms with Gasteiger partial charge >= 0.3 is 5.97 Å². The van der Waals surface area contributed by atoms with Crippen LogP contribution in [0.15, 0.2) is 40.5 Å². The van der Waals surface area contributed by atoms with Crippen LogP contribution in [0.3, 0.4) is 0 Å². The molecule has 0 aliphatic heterocycles. The fraction of sp³-hybridized carbons (Fsp3) is 0.438. The Labute approximate surface area is 120 Å². The zero-order valence-electron chi connectivity index (χ0n) is 12.5. The number of aliphatic carboxylic acids is 1. The third kappa shape index (κ3) is 4.30. The molecule has 4 heteroatoms. The average Bonchev–Trinajstić information content (AvgIpc) is 2.47. The summed E-state index contributed by atoms with van der Waals surface area (Å²) in [4.78, 5) is 10.8. The number of nitrogens with zero attached hydrogens (tertiary/aromatic N) is 2. The summed E-state index contributed by atoms with van der Waals surface area (Å²) in [5.74, 6) is -0.656. The number of hydrogen-bond acceptors (Lipinski definition) is 3. The van der Waals surface area contributed by atoms with Crippen molar-refractivity contribution in [2.45, 2.75) is 40.0 Å². The fourth-order valence-corrected chi connectivity index (χ4v) is 1.91. The standard InChI is InChI=1S/C16H22N2O2/c1-5-11(2)15(18-17-13(4)16(19)20)12(3)14-9-7-6-8-10-14/h6-12H,5H2,1-4H3,(H,19,20)/b17-13+,18-15+. The van der Waals surface area contributed by atoms with Gasteiger partial charge in [-0.05, 0) is 24.8 Å². The molecule has 4 nitrogen and oxygen atoms in total. The van der Waals surface area contributed by atoms with E-state index in [-0.39, 0.29) is 17.5 Å². The molecule has 0 aromatic heterocycles. The van der Waals surface area contributed by atoms with Gasteiger partial charge < -0.3 is 5.11 Å². The maximum Gasteiger partial charge on any atom is 0.351 e. The molecule has 0 aliphatic carbocycles. The SMILES string of the molecule is CCC(C)/C(=N\N=C(/C)C(=O)O)C(C)c1ccccc1. The van der Waals surface area contributed by atoms with Crippen molar-refractivity contribution in [1.82, 2.24) is 0 Å². The van der Waals surface area contributed by atoms with Gasteiger partial charge in [-0.15, -0.1) is 5.10 Å². The molecule has 0 heterocycles. The summed E-state index contributed by atoms with van der Waals surface area (Å²) in [6.07, 6.45) is 0.942. The van der Waals surface area contributed by atoms with Gasteiger partial charge in [-0.3, -0.25) is 0 Å². The van der Waals surface area contributed by atoms with E-state index in [1.807, 2.05) is 18.2 Å². The summed E-state index contributed by atoms with van der Waals surface area (Å²) in [7, 11) is 0. The van der Waals surface area contributed by atoms with E-state index in [4.69, 9.17) is 5.11 Å². The van der Waals surface area contributed by atoms with Gasteiger partial charge in [0.2, 0.25) is 0 Å². The van der Waals surface area contributed by atoms with Crippen molar-refractivity contribution in [2.75, 3.05) is 0 Å². The first-order valence-electron chi connectivity index (χ1n) is 6.87. The molecule has 0 amide bonds. The Morgan fingerprint density at radius 2 is 1.80 bits per heavy atom. The predicted octanol–water partition coefficient (Wildman–Crippen LogP) is 3.74. The second-order valence-corrected chi connectivity index (χ2v) is 4.96. The van der Waals surface area contributed by atoms with Crippen LogP contribution in [0.4, 0.5) is 0 Å². The van der Waals surface area contributed by atoms with Crippen molar-refractivity contribution in [3.8, 4) is 0 Å². The van der Waals surface area contributed by atoms with Crippen molar-refractivity contribution in [2.24, 2.45) is 16.1 Å². The monoisotopic (exact) mass is 274 g/mol. The minimum Gasteiger partial charge on any atom is -0.477 e. The number of rotatable bonds is 6. The second kappa shape index (κ2) is 7.58. The topological polar surface area (TPSA) is 62.0 Å². The van der Waals surface area contributed by atoms with Crippen LogP contribution in [0.2, 0.25) is 0 Å². The van der Waals surface area contributed by atoms with Crippen molar-refractivity contribution < 1.29 is 9.90 Å². The maximum absolute atomic E-state index is 10.8. The minimum atomic E-state index is -1.04. The van der Waals surface area contributed by atoms with Gasteiger partial charge in [0.05, 0.1) is 5.71 Å². The molecule has 0 saturated carbocycles. The Balaban J connectivity index is 3.10. The normalized spacial score (nSPS) is 15.8. The first-order chi connectivity index (χ1) is 9.47. The predicted molar refractivity (Wildman–Crippen MR) is 82.5 cm³/mol. The maximum atomic E-state index is 10.8. The molecule has 0 aliphatic rings. The van der Waals surface area contributed by atoms with Crippen LogP contribution in [-0.4, -0.2) is 22.5 Å². The summed E-state index contributed by atoms with van der Waals surface area (Å²) < 4.78 is 0. The van der Waals surface area contributed by atoms with Gasteiger partial charge in [0.25, 0.3) is 0 Å². The largest absolute Gasteiger partial charge is 0.477 e. The lowest BCUT2D eigenvalue weighted by atomic mass is 9.87. The van der Waals surface area contributed by atoms with Crippen molar-refractivity contribution >= 4 is 17.4 Å². The number of hydrogen-bond donors (Lipinski definition) is 1. The summed E-state index contributed by atoms with van der Waals surface area (Å²) >= 11 is 0. The lowest BCUT2D eigenvalue weighted by molar-refractivity contribution is -0.129. The van der Waals surface area contributed by atoms with Gasteiger partial charge in [-0.1, -0.05) is 51.1 Å². The Hall–Kier alpha value is -1.97. The minimum absolute atomic E-state index is 0.00562. The molecule has 20 heavy (non-hydrogen) atoms. The lowest BCUT2D eigenvalue weighted by Gasteiger charge is -2.19. The molecule has 2 unspecified atom stereocenters. The van der Waals surface area contributed by atoms with E-state index in [0.717, 1.165) is 17.7 Å². The Kier molecular flexibility index (Phi) is 6.10. The molecule has 0 fully saturated rings. The van der Waals surface area contributed by atoms with Gasteiger partial charge in [-0.2, -0.15) is 5.10 Å². The van der Waals surface area contributed by atoms with Gasteiger partial charge in [0.15, 0.2) is 0 Å². The average molecular weight is 274 g/mol. The van der Waals surface area contributed by atoms with Gasteiger partial charge in [0, 0.05) is 5.92 Å². The highest BCUT2D eigenvalue weighted by Gasteiger charge is 2.18. The third-order valence-electron chi connectivity index (χ3n) is 3.49. The van der Waals surface area contributed by atoms with Crippen molar-refractivity contribution in [3.05, 3.63) is 35.9 Å². The van der Waals surface area contributed by atoms with Crippen LogP contribution >= 0.6 is 0 Å². The van der Waals surface area contributed by atoms with Gasteiger partial charge in [-0.25, -0.2) is 4.79 Å². The number of benzene rings is 1. The van der Waals surface area contributed by atoms with Crippen molar-refractivity contribution in [3.63, 3.8) is 0 Å². The highest BCUT2D eigenvalue weighted by Crippen LogP contribution is 2.23. The third-order valence-corrected chi connectivity index (χ3v) is 3.49. The highest BCUT2D eigenvalue weighted by molar-refractivity contribution is 6.34. The van der Waals surface area contributed by atoms with E-state index in [1.165, 1.54) is 6.92 Å². The van der Waals surface area contributed by atoms with Gasteiger partial charge in [0.1, 0.15) is 5.71 Å². The summed E-state index contributed by atoms with van der Waals surface area (Å²) in [6, 6.07) is 10.1. The lowest BCUT2D eigenvalue weighted by Crippen LogP contribution is -2.18. The molecule has 0 saturated heterocycles. The number of carboxylic acids is 1. The fourth-order valence-electron chi connectivity index (χ4n) is 1.91. The van der Waals surface area contributed by atoms with E-state index in [0.29, 0.717) is 0 Å². The quantitative estimate of drug-likeness (QED) is 0.634. The van der Waals surface area contributed by atoms with Crippen molar-refractivity contribution in [1.29, 1.82) is 0 Å². The summed E-state index contributed by atoms with van der Waals surface area (Å²) in [5, 5.41) is 16.9. The van der Waals surface area contributed by atoms with Crippen LogP contribution in [0.5, 0.6) is 0 Å². The Morgan fingerprint density at radius 1 is 1.20 bits per heavy atom. The molecule has 1 N–H and O–H groups in total. The second-order valence-electron chi connectivity index (χ2n) is 4.96. The smallest absolute Gasteiger partial charge is 0.351 e. The molecule has 1 aromatic rings. The van der Waals surface area contributed by atoms with E-state index < -0.39 is 5.97 Å². The molecule has 0 bridgehead atoms. The molecule has 108 valence electrons. The van der Waals surface area contributed by atoms with Crippen LogP contribution in [-0.2, 0) is 4.79 Å². The first-order valence-corrected chi connectivity index (χ1v) is 6.87. The molecule has 0 spiro atoms. The zero-order valence-corrected chi connectivity index (χ0v) is 12.5. The molecule has 1 aromatic carbocycles. The molecular weight excluding hydrogens is 252 g/mol. The van der Waals surface area contributed by atoms with Crippen LogP contribution < -0.4 is 0 Å². The zero-order chi connectivity index (χ0) is 15.1. The summed E-state index contributed by atoms with van der Waals surface area (Å²) in [5.41, 5.74) is 2.08. The Bertz CT molecular complexity index is 506.